The maximum absolute atomic E-state index is 12.2. The minimum atomic E-state index is -0.431. The fourth-order valence-electron chi connectivity index (χ4n) is 1.99. The van der Waals surface area contributed by atoms with E-state index in [1.165, 1.54) is 28.9 Å². The van der Waals surface area contributed by atoms with Gasteiger partial charge in [0.05, 0.1) is 0 Å². The molecule has 3 aromatic rings. The van der Waals surface area contributed by atoms with Crippen molar-refractivity contribution >= 4 is 33.9 Å². The van der Waals surface area contributed by atoms with Gasteiger partial charge in [0.25, 0.3) is 0 Å². The Bertz CT molecular complexity index is 798. The zero-order chi connectivity index (χ0) is 16.9. The van der Waals surface area contributed by atoms with Crippen LogP contribution in [0, 0.1) is 0 Å². The van der Waals surface area contributed by atoms with Crippen LogP contribution in [0.15, 0.2) is 36.9 Å². The summed E-state index contributed by atoms with van der Waals surface area (Å²) in [6.07, 6.45) is 3.73. The second-order valence-corrected chi connectivity index (χ2v) is 5.86. The summed E-state index contributed by atoms with van der Waals surface area (Å²) >= 11 is 1.33. The van der Waals surface area contributed by atoms with E-state index in [4.69, 9.17) is 0 Å². The smallest absolute Gasteiger partial charge is 0.249 e. The molecule has 24 heavy (non-hydrogen) atoms. The monoisotopic (exact) mass is 343 g/mol. The Morgan fingerprint density at radius 1 is 1.29 bits per heavy atom. The summed E-state index contributed by atoms with van der Waals surface area (Å²) in [7, 11) is 0. The molecule has 124 valence electrons. The van der Waals surface area contributed by atoms with Gasteiger partial charge < -0.3 is 10.6 Å². The fraction of sp³-hybridized carbons (Fsp3) is 0.267. The minimum absolute atomic E-state index is 0.155. The van der Waals surface area contributed by atoms with Crippen LogP contribution >= 0.6 is 11.5 Å². The van der Waals surface area contributed by atoms with Gasteiger partial charge in [-0.2, -0.15) is 9.47 Å². The van der Waals surface area contributed by atoms with Gasteiger partial charge >= 0.3 is 0 Å². The molecule has 0 aliphatic heterocycles. The molecular formula is C15H17N7OS. The molecule has 0 aliphatic carbocycles. The molecule has 9 heteroatoms. The molecule has 8 nitrogen and oxygen atoms in total. The molecule has 0 saturated carbocycles. The zero-order valence-corrected chi connectivity index (χ0v) is 14.1. The molecule has 3 rings (SSSR count). The van der Waals surface area contributed by atoms with Gasteiger partial charge in [-0.1, -0.05) is 6.92 Å². The average molecular weight is 343 g/mol. The van der Waals surface area contributed by atoms with Crippen LogP contribution in [0.1, 0.15) is 25.7 Å². The Labute approximate surface area is 143 Å². The topological polar surface area (TPSA) is 97.6 Å². The number of rotatable bonds is 6. The van der Waals surface area contributed by atoms with Gasteiger partial charge in [0.15, 0.2) is 0 Å². The van der Waals surface area contributed by atoms with Gasteiger partial charge in [0.1, 0.15) is 24.5 Å². The summed E-state index contributed by atoms with van der Waals surface area (Å²) in [6, 6.07) is 6.98. The van der Waals surface area contributed by atoms with Crippen LogP contribution in [0.3, 0.4) is 0 Å². The highest BCUT2D eigenvalue weighted by atomic mass is 32.1. The average Bonchev–Trinajstić information content (AvgIpc) is 3.27. The highest BCUT2D eigenvalue weighted by molar-refractivity contribution is 7.09. The molecule has 1 aromatic carbocycles. The normalized spacial score (nSPS) is 11.9. The number of amides is 1. The lowest BCUT2D eigenvalue weighted by atomic mass is 10.2. The Hall–Kier alpha value is -2.81. The third-order valence-electron chi connectivity index (χ3n) is 3.40. The molecule has 0 fully saturated rings. The molecule has 1 amide bonds. The molecule has 0 aliphatic rings. The first-order valence-electron chi connectivity index (χ1n) is 7.50. The third kappa shape index (κ3) is 3.74. The van der Waals surface area contributed by atoms with Crippen LogP contribution in [-0.2, 0) is 11.2 Å². The Kier molecular flexibility index (Phi) is 4.80. The van der Waals surface area contributed by atoms with E-state index in [2.05, 4.69) is 30.1 Å². The van der Waals surface area contributed by atoms with Crippen LogP contribution in [0.25, 0.3) is 0 Å². The van der Waals surface area contributed by atoms with Crippen LogP contribution in [-0.4, -0.2) is 30.0 Å². The predicted octanol–water partition coefficient (Wildman–Crippen LogP) is 2.64. The number of carbonyl (C=O) groups excluding carboxylic acids is 1. The van der Waals surface area contributed by atoms with Crippen molar-refractivity contribution in [3.05, 3.63) is 42.7 Å². The SMILES string of the molecule is CCc1nsc(Nc2ccc(NC(=O)[C@@H](C)n3cncn3)cc2)n1. The molecule has 1 atom stereocenters. The minimum Gasteiger partial charge on any atom is -0.330 e. The number of nitrogens with zero attached hydrogens (tertiary/aromatic N) is 5. The lowest BCUT2D eigenvalue weighted by Gasteiger charge is -2.12. The van der Waals surface area contributed by atoms with E-state index in [9.17, 15) is 4.79 Å². The van der Waals surface area contributed by atoms with Crippen LogP contribution in [0.5, 0.6) is 0 Å². The number of benzene rings is 1. The second kappa shape index (κ2) is 7.18. The van der Waals surface area contributed by atoms with E-state index in [-0.39, 0.29) is 5.91 Å². The summed E-state index contributed by atoms with van der Waals surface area (Å²) in [5.41, 5.74) is 1.60. The molecule has 2 heterocycles. The number of aromatic nitrogens is 5. The summed E-state index contributed by atoms with van der Waals surface area (Å²) < 4.78 is 5.74. The fourth-order valence-corrected chi connectivity index (χ4v) is 2.66. The van der Waals surface area contributed by atoms with E-state index in [0.717, 1.165) is 23.1 Å². The molecule has 0 radical (unpaired) electrons. The van der Waals surface area contributed by atoms with Crippen molar-refractivity contribution in [2.45, 2.75) is 26.3 Å². The van der Waals surface area contributed by atoms with Gasteiger partial charge in [-0.3, -0.25) is 4.79 Å². The predicted molar refractivity (Wildman–Crippen MR) is 92.4 cm³/mol. The summed E-state index contributed by atoms with van der Waals surface area (Å²) in [4.78, 5) is 20.4. The number of carbonyl (C=O) groups is 1. The first kappa shape index (κ1) is 16.1. The molecule has 0 bridgehead atoms. The third-order valence-corrected chi connectivity index (χ3v) is 4.07. The van der Waals surface area contributed by atoms with Crippen molar-refractivity contribution in [2.75, 3.05) is 10.6 Å². The Balaban J connectivity index is 1.61. The lowest BCUT2D eigenvalue weighted by Crippen LogP contribution is -2.23. The van der Waals surface area contributed by atoms with Gasteiger partial charge in [-0.15, -0.1) is 0 Å². The van der Waals surface area contributed by atoms with E-state index in [0.29, 0.717) is 5.69 Å². The van der Waals surface area contributed by atoms with Crippen molar-refractivity contribution in [1.82, 2.24) is 24.1 Å². The number of anilines is 3. The maximum Gasteiger partial charge on any atom is 0.249 e. The maximum atomic E-state index is 12.2. The summed E-state index contributed by atoms with van der Waals surface area (Å²) in [5.74, 6) is 0.673. The van der Waals surface area contributed by atoms with Crippen molar-refractivity contribution in [2.24, 2.45) is 0 Å². The first-order valence-corrected chi connectivity index (χ1v) is 8.27. The number of aryl methyl sites for hydroxylation is 1. The van der Waals surface area contributed by atoms with E-state index >= 15 is 0 Å². The Morgan fingerprint density at radius 2 is 2.04 bits per heavy atom. The van der Waals surface area contributed by atoms with Crippen molar-refractivity contribution in [3.8, 4) is 0 Å². The van der Waals surface area contributed by atoms with Crippen molar-refractivity contribution < 1.29 is 4.79 Å². The molecule has 2 N–H and O–H groups in total. The van der Waals surface area contributed by atoms with Crippen molar-refractivity contribution in [3.63, 3.8) is 0 Å². The molecule has 0 spiro atoms. The first-order chi connectivity index (χ1) is 11.7. The largest absolute Gasteiger partial charge is 0.330 e. The van der Waals surface area contributed by atoms with E-state index in [1.54, 1.807) is 6.92 Å². The van der Waals surface area contributed by atoms with E-state index < -0.39 is 6.04 Å². The van der Waals surface area contributed by atoms with Gasteiger partial charge in [0, 0.05) is 29.3 Å². The highest BCUT2D eigenvalue weighted by Crippen LogP contribution is 2.21. The van der Waals surface area contributed by atoms with Gasteiger partial charge in [-0.05, 0) is 31.2 Å². The van der Waals surface area contributed by atoms with Gasteiger partial charge in [0.2, 0.25) is 11.0 Å². The molecule has 0 unspecified atom stereocenters. The zero-order valence-electron chi connectivity index (χ0n) is 13.3. The standard InChI is InChI=1S/C15H17N7OS/c1-3-13-20-15(24-21-13)19-12-6-4-11(5-7-12)18-14(23)10(2)22-9-16-8-17-22/h4-10H,3H2,1-2H3,(H,18,23)(H,19,20,21)/t10-/m1/s1. The van der Waals surface area contributed by atoms with Gasteiger partial charge in [-0.25, -0.2) is 14.6 Å². The van der Waals surface area contributed by atoms with Crippen LogP contribution in [0.2, 0.25) is 0 Å². The second-order valence-electron chi connectivity index (χ2n) is 5.11. The van der Waals surface area contributed by atoms with Crippen molar-refractivity contribution in [1.29, 1.82) is 0 Å². The highest BCUT2D eigenvalue weighted by Gasteiger charge is 2.15. The summed E-state index contributed by atoms with van der Waals surface area (Å²) in [6.45, 7) is 3.78. The lowest BCUT2D eigenvalue weighted by molar-refractivity contribution is -0.119. The molecular weight excluding hydrogens is 326 g/mol. The van der Waals surface area contributed by atoms with Crippen LogP contribution in [0.4, 0.5) is 16.5 Å². The Morgan fingerprint density at radius 3 is 2.67 bits per heavy atom. The number of hydrogen-bond donors (Lipinski definition) is 2. The van der Waals surface area contributed by atoms with E-state index in [1.807, 2.05) is 31.2 Å². The summed E-state index contributed by atoms with van der Waals surface area (Å²) in [5, 5.41) is 10.8. The quantitative estimate of drug-likeness (QED) is 0.714. The molecule has 2 aromatic heterocycles. The number of nitrogens with one attached hydrogen (secondary N) is 2. The number of hydrogen-bond acceptors (Lipinski definition) is 7. The van der Waals surface area contributed by atoms with Crippen LogP contribution < -0.4 is 10.6 Å². The molecule has 0 saturated heterocycles.